The van der Waals surface area contributed by atoms with E-state index < -0.39 is 16.7 Å². The number of anilines is 1. The van der Waals surface area contributed by atoms with Crippen LogP contribution in [0.3, 0.4) is 0 Å². The van der Waals surface area contributed by atoms with E-state index in [-0.39, 0.29) is 30.7 Å². The number of amides is 2. The summed E-state index contributed by atoms with van der Waals surface area (Å²) in [4.78, 5) is 35.5. The normalized spacial score (nSPS) is 14.1. The van der Waals surface area contributed by atoms with Crippen LogP contribution in [0.15, 0.2) is 40.8 Å². The Hall–Kier alpha value is -2.87. The van der Waals surface area contributed by atoms with Crippen molar-refractivity contribution in [1.29, 1.82) is 0 Å². The number of rotatable bonds is 4. The molecule has 3 rings (SSSR count). The number of furan rings is 1. The molecular weight excluding hydrogens is 338 g/mol. The van der Waals surface area contributed by atoms with Gasteiger partial charge in [-0.3, -0.25) is 19.7 Å². The molecule has 1 aliphatic heterocycles. The van der Waals surface area contributed by atoms with E-state index in [1.165, 1.54) is 11.0 Å². The summed E-state index contributed by atoms with van der Waals surface area (Å²) in [6, 6.07) is 9.22. The quantitative estimate of drug-likeness (QED) is 0.674. The van der Waals surface area contributed by atoms with Crippen molar-refractivity contribution in [2.75, 3.05) is 18.4 Å². The maximum atomic E-state index is 12.1. The van der Waals surface area contributed by atoms with E-state index in [0.717, 1.165) is 6.07 Å². The molecule has 8 nitrogen and oxygen atoms in total. The summed E-state index contributed by atoms with van der Waals surface area (Å²) in [5.41, 5.74) is 0.510. The van der Waals surface area contributed by atoms with Gasteiger partial charge in [-0.25, -0.2) is 0 Å². The van der Waals surface area contributed by atoms with Gasteiger partial charge < -0.3 is 14.6 Å². The Balaban J connectivity index is 1.56. The number of hydrogen-bond donors (Lipinski definition) is 1. The molecule has 1 saturated heterocycles. The Kier molecular flexibility index (Phi) is 4.22. The minimum atomic E-state index is -0.716. The van der Waals surface area contributed by atoms with Gasteiger partial charge in [-0.1, -0.05) is 23.7 Å². The standard InChI is InChI=1S/C15H12ClN3O5/c16-10-3-1-2-4-11(10)17-14(20)9-7-18(8-9)15(21)12-5-6-13(24-12)19(22)23/h1-6,9H,7-8H2,(H,17,20). The predicted octanol–water partition coefficient (Wildman–Crippen LogP) is 2.55. The molecule has 9 heteroatoms. The van der Waals surface area contributed by atoms with Crippen molar-refractivity contribution in [1.82, 2.24) is 4.90 Å². The Morgan fingerprint density at radius 1 is 1.25 bits per heavy atom. The Morgan fingerprint density at radius 2 is 1.96 bits per heavy atom. The monoisotopic (exact) mass is 349 g/mol. The maximum Gasteiger partial charge on any atom is 0.433 e. The third-order valence-electron chi connectivity index (χ3n) is 3.65. The number of benzene rings is 1. The molecular formula is C15H12ClN3O5. The zero-order valence-electron chi connectivity index (χ0n) is 12.3. The molecule has 2 heterocycles. The minimum Gasteiger partial charge on any atom is -0.395 e. The van der Waals surface area contributed by atoms with Gasteiger partial charge in [0.1, 0.15) is 4.92 Å². The highest BCUT2D eigenvalue weighted by molar-refractivity contribution is 6.33. The third kappa shape index (κ3) is 3.09. The van der Waals surface area contributed by atoms with Crippen molar-refractivity contribution in [3.05, 3.63) is 57.3 Å². The summed E-state index contributed by atoms with van der Waals surface area (Å²) in [7, 11) is 0. The first kappa shape index (κ1) is 16.0. The molecule has 124 valence electrons. The molecule has 1 aliphatic rings. The highest BCUT2D eigenvalue weighted by Gasteiger charge is 2.37. The molecule has 1 aromatic heterocycles. The van der Waals surface area contributed by atoms with E-state index >= 15 is 0 Å². The number of nitrogens with zero attached hydrogens (tertiary/aromatic N) is 2. The first-order chi connectivity index (χ1) is 11.5. The predicted molar refractivity (Wildman–Crippen MR) is 84.8 cm³/mol. The Morgan fingerprint density at radius 3 is 2.58 bits per heavy atom. The van der Waals surface area contributed by atoms with Crippen molar-refractivity contribution in [3.8, 4) is 0 Å². The number of nitrogens with one attached hydrogen (secondary N) is 1. The van der Waals surface area contributed by atoms with Gasteiger partial charge in [0, 0.05) is 13.1 Å². The third-order valence-corrected chi connectivity index (χ3v) is 3.98. The van der Waals surface area contributed by atoms with Crippen LogP contribution in [0.1, 0.15) is 10.6 Å². The fourth-order valence-corrected chi connectivity index (χ4v) is 2.49. The fraction of sp³-hybridized carbons (Fsp3) is 0.200. The first-order valence-corrected chi connectivity index (χ1v) is 7.42. The Bertz CT molecular complexity index is 813. The molecule has 1 aromatic carbocycles. The zero-order chi connectivity index (χ0) is 17.3. The second-order valence-electron chi connectivity index (χ2n) is 5.27. The molecule has 0 spiro atoms. The van der Waals surface area contributed by atoms with Crippen LogP contribution in [0.25, 0.3) is 0 Å². The lowest BCUT2D eigenvalue weighted by Crippen LogP contribution is -2.54. The van der Waals surface area contributed by atoms with Crippen LogP contribution in [-0.2, 0) is 4.79 Å². The van der Waals surface area contributed by atoms with Crippen molar-refractivity contribution in [2.45, 2.75) is 0 Å². The Labute approximate surface area is 141 Å². The van der Waals surface area contributed by atoms with Gasteiger partial charge in [0.15, 0.2) is 5.76 Å². The zero-order valence-corrected chi connectivity index (χ0v) is 13.0. The van der Waals surface area contributed by atoms with Crippen LogP contribution >= 0.6 is 11.6 Å². The van der Waals surface area contributed by atoms with Gasteiger partial charge >= 0.3 is 5.88 Å². The number of hydrogen-bond acceptors (Lipinski definition) is 5. The largest absolute Gasteiger partial charge is 0.433 e. The molecule has 0 saturated carbocycles. The topological polar surface area (TPSA) is 106 Å². The van der Waals surface area contributed by atoms with E-state index in [4.69, 9.17) is 16.0 Å². The van der Waals surface area contributed by atoms with E-state index in [1.54, 1.807) is 24.3 Å². The number of para-hydroxylation sites is 1. The lowest BCUT2D eigenvalue weighted by molar-refractivity contribution is -0.402. The second kappa shape index (κ2) is 6.32. The second-order valence-corrected chi connectivity index (χ2v) is 5.68. The van der Waals surface area contributed by atoms with Gasteiger partial charge in [-0.15, -0.1) is 0 Å². The van der Waals surface area contributed by atoms with Gasteiger partial charge in [0.2, 0.25) is 5.91 Å². The van der Waals surface area contributed by atoms with E-state index in [2.05, 4.69) is 5.32 Å². The van der Waals surface area contributed by atoms with Gasteiger partial charge in [0.25, 0.3) is 5.91 Å². The smallest absolute Gasteiger partial charge is 0.395 e. The molecule has 24 heavy (non-hydrogen) atoms. The van der Waals surface area contributed by atoms with Gasteiger partial charge in [-0.05, 0) is 18.2 Å². The lowest BCUT2D eigenvalue weighted by atomic mass is 9.98. The maximum absolute atomic E-state index is 12.1. The summed E-state index contributed by atoms with van der Waals surface area (Å²) in [5.74, 6) is -1.70. The number of carbonyl (C=O) groups is 2. The lowest BCUT2D eigenvalue weighted by Gasteiger charge is -2.37. The number of nitro groups is 1. The molecule has 2 amide bonds. The van der Waals surface area contributed by atoms with E-state index in [0.29, 0.717) is 10.7 Å². The molecule has 0 unspecified atom stereocenters. The highest BCUT2D eigenvalue weighted by Crippen LogP contribution is 2.25. The molecule has 0 atom stereocenters. The summed E-state index contributed by atoms with van der Waals surface area (Å²) < 4.78 is 4.86. The van der Waals surface area contributed by atoms with Crippen molar-refractivity contribution >= 4 is 35.0 Å². The molecule has 0 aliphatic carbocycles. The van der Waals surface area contributed by atoms with Crippen LogP contribution in [0, 0.1) is 16.0 Å². The van der Waals surface area contributed by atoms with Gasteiger partial charge in [0.05, 0.1) is 22.7 Å². The summed E-state index contributed by atoms with van der Waals surface area (Å²) in [6.07, 6.45) is 0. The van der Waals surface area contributed by atoms with Crippen molar-refractivity contribution < 1.29 is 18.9 Å². The van der Waals surface area contributed by atoms with E-state index in [1.807, 2.05) is 0 Å². The summed E-state index contributed by atoms with van der Waals surface area (Å²) in [5, 5.41) is 13.7. The summed E-state index contributed by atoms with van der Waals surface area (Å²) in [6.45, 7) is 0.424. The minimum absolute atomic E-state index is 0.119. The molecule has 1 fully saturated rings. The SMILES string of the molecule is O=C(Nc1ccccc1Cl)C1CN(C(=O)c2ccc([N+](=O)[O-])o2)C1. The number of carbonyl (C=O) groups excluding carboxylic acids is 2. The summed E-state index contributed by atoms with van der Waals surface area (Å²) >= 11 is 5.97. The van der Waals surface area contributed by atoms with Crippen LogP contribution in [0.2, 0.25) is 5.02 Å². The van der Waals surface area contributed by atoms with Crippen LogP contribution in [0.5, 0.6) is 0 Å². The van der Waals surface area contributed by atoms with E-state index in [9.17, 15) is 19.7 Å². The number of halogens is 1. The fourth-order valence-electron chi connectivity index (χ4n) is 2.30. The molecule has 0 bridgehead atoms. The van der Waals surface area contributed by atoms with Crippen LogP contribution in [0.4, 0.5) is 11.6 Å². The van der Waals surface area contributed by atoms with Crippen LogP contribution in [-0.4, -0.2) is 34.7 Å². The molecule has 2 aromatic rings. The molecule has 0 radical (unpaired) electrons. The number of likely N-dealkylation sites (tertiary alicyclic amines) is 1. The van der Waals surface area contributed by atoms with Crippen LogP contribution < -0.4 is 5.32 Å². The van der Waals surface area contributed by atoms with Gasteiger partial charge in [-0.2, -0.15) is 0 Å². The van der Waals surface area contributed by atoms with Crippen molar-refractivity contribution in [3.63, 3.8) is 0 Å². The first-order valence-electron chi connectivity index (χ1n) is 7.04. The average Bonchev–Trinajstić information content (AvgIpc) is 2.98. The van der Waals surface area contributed by atoms with Crippen molar-refractivity contribution in [2.24, 2.45) is 5.92 Å². The molecule has 1 N–H and O–H groups in total. The average molecular weight is 350 g/mol. The highest BCUT2D eigenvalue weighted by atomic mass is 35.5.